The molecule has 2 fully saturated rings. The molecule has 30 heavy (non-hydrogen) atoms. The van der Waals surface area contributed by atoms with Crippen LogP contribution in [-0.4, -0.2) is 59.8 Å². The van der Waals surface area contributed by atoms with E-state index in [1.807, 2.05) is 0 Å². The number of ether oxygens (including phenoxy) is 1. The minimum absolute atomic E-state index is 0.192. The van der Waals surface area contributed by atoms with E-state index in [0.29, 0.717) is 11.2 Å². The summed E-state index contributed by atoms with van der Waals surface area (Å²) in [6.07, 6.45) is 7.00. The molecule has 0 bridgehead atoms. The molecule has 2 aromatic rings. The molecule has 1 aliphatic carbocycles. The van der Waals surface area contributed by atoms with Gasteiger partial charge in [-0.2, -0.15) is 0 Å². The van der Waals surface area contributed by atoms with Crippen molar-refractivity contribution in [2.45, 2.75) is 75.9 Å². The van der Waals surface area contributed by atoms with Gasteiger partial charge in [0.05, 0.1) is 12.9 Å². The van der Waals surface area contributed by atoms with Gasteiger partial charge in [0.1, 0.15) is 23.8 Å². The average molecular weight is 415 g/mol. The van der Waals surface area contributed by atoms with Crippen LogP contribution in [0, 0.1) is 17.8 Å². The van der Waals surface area contributed by atoms with Crippen molar-refractivity contribution in [1.82, 2.24) is 19.5 Å². The molecule has 0 aromatic carbocycles. The molecule has 0 radical (unpaired) electrons. The quantitative estimate of drug-likeness (QED) is 0.421. The maximum Gasteiger partial charge on any atom is 0.208 e. The normalized spacial score (nSPS) is 27.3. The highest BCUT2D eigenvalue weighted by Crippen LogP contribution is 2.32. The smallest absolute Gasteiger partial charge is 0.208 e. The van der Waals surface area contributed by atoms with Gasteiger partial charge in [-0.15, -0.1) is 0 Å². The summed E-state index contributed by atoms with van der Waals surface area (Å²) in [5.74, 6) is 7.43. The number of unbranched alkanes of at least 4 members (excludes halogenated alkanes) is 1. The van der Waals surface area contributed by atoms with Gasteiger partial charge >= 0.3 is 0 Å². The number of fused-ring (bicyclic) bond motifs is 1. The molecular weight excluding hydrogens is 386 g/mol. The molecule has 1 aliphatic heterocycles. The second-order valence-electron chi connectivity index (χ2n) is 8.18. The molecule has 2 aliphatic rings. The van der Waals surface area contributed by atoms with Crippen molar-refractivity contribution in [3.8, 4) is 11.8 Å². The first kappa shape index (κ1) is 21.0. The van der Waals surface area contributed by atoms with Crippen LogP contribution in [0.25, 0.3) is 11.2 Å². The monoisotopic (exact) mass is 415 g/mol. The average Bonchev–Trinajstić information content (AvgIpc) is 3.30. The fourth-order valence-electron chi connectivity index (χ4n) is 4.39. The Balaban J connectivity index is 1.47. The van der Waals surface area contributed by atoms with Gasteiger partial charge < -0.3 is 25.8 Å². The maximum absolute atomic E-state index is 10.3. The second kappa shape index (κ2) is 9.27. The van der Waals surface area contributed by atoms with Crippen LogP contribution in [0.3, 0.4) is 0 Å². The predicted molar refractivity (Wildman–Crippen MR) is 110 cm³/mol. The highest BCUT2D eigenvalue weighted by molar-refractivity contribution is 5.82. The number of anilines is 1. The van der Waals surface area contributed by atoms with E-state index < -0.39 is 31.1 Å². The molecule has 1 saturated carbocycles. The third kappa shape index (κ3) is 4.27. The van der Waals surface area contributed by atoms with Gasteiger partial charge in [-0.25, -0.2) is 15.0 Å². The Morgan fingerprint density at radius 3 is 2.70 bits per heavy atom. The van der Waals surface area contributed by atoms with E-state index in [0.717, 1.165) is 18.8 Å². The van der Waals surface area contributed by atoms with Gasteiger partial charge in [-0.1, -0.05) is 38.0 Å². The summed E-state index contributed by atoms with van der Waals surface area (Å²) in [5.41, 5.74) is 6.76. The first-order chi connectivity index (χ1) is 14.6. The molecule has 4 rings (SSSR count). The zero-order valence-electron chi connectivity index (χ0n) is 16.9. The first-order valence-electron chi connectivity index (χ1n) is 10.7. The standard InChI is InChI=1S/C21H29N5O4/c22-19-16-20(26(12-23-16)21-18(29)17(28)14(11-27)30-21)25-15(24-19)10-6-2-5-9-13-7-3-1-4-8-13/h12-14,17-18,21,27-29H,1-5,7-9,11H2,(H2,22,24,25)/t14-,17?,18?,21-/m1/s1. The fourth-order valence-corrected chi connectivity index (χ4v) is 4.39. The highest BCUT2D eigenvalue weighted by atomic mass is 16.6. The number of hydrogen-bond acceptors (Lipinski definition) is 8. The maximum atomic E-state index is 10.3. The molecule has 9 nitrogen and oxygen atoms in total. The van der Waals surface area contributed by atoms with E-state index >= 15 is 0 Å². The number of hydrogen-bond donors (Lipinski definition) is 4. The fraction of sp³-hybridized carbons (Fsp3) is 0.667. The molecule has 1 saturated heterocycles. The largest absolute Gasteiger partial charge is 0.394 e. The zero-order valence-corrected chi connectivity index (χ0v) is 16.9. The van der Waals surface area contributed by atoms with Crippen molar-refractivity contribution in [2.75, 3.05) is 12.3 Å². The number of nitrogens with two attached hydrogens (primary N) is 1. The molecule has 2 aromatic heterocycles. The van der Waals surface area contributed by atoms with E-state index in [9.17, 15) is 15.3 Å². The lowest BCUT2D eigenvalue weighted by molar-refractivity contribution is -0.0511. The lowest BCUT2D eigenvalue weighted by Gasteiger charge is -2.20. The highest BCUT2D eigenvalue weighted by Gasteiger charge is 2.44. The SMILES string of the molecule is Nc1nc(C#CCCCC2CCCCC2)nc2c1ncn2[C@@H]1O[C@H](CO)C(O)C1O. The number of nitrogens with zero attached hydrogens (tertiary/aromatic N) is 4. The Hall–Kier alpha value is -2.25. The molecule has 0 spiro atoms. The van der Waals surface area contributed by atoms with Gasteiger partial charge in [-0.05, 0) is 24.7 Å². The summed E-state index contributed by atoms with van der Waals surface area (Å²) in [5, 5.41) is 29.6. The van der Waals surface area contributed by atoms with Crippen LogP contribution >= 0.6 is 0 Å². The predicted octanol–water partition coefficient (Wildman–Crippen LogP) is 1.12. The van der Waals surface area contributed by atoms with Gasteiger partial charge in [0.15, 0.2) is 17.7 Å². The Morgan fingerprint density at radius 1 is 1.17 bits per heavy atom. The van der Waals surface area contributed by atoms with Crippen LogP contribution in [0.15, 0.2) is 6.33 Å². The molecule has 4 atom stereocenters. The number of aliphatic hydroxyl groups is 3. The Morgan fingerprint density at radius 2 is 1.97 bits per heavy atom. The lowest BCUT2D eigenvalue weighted by atomic mass is 9.86. The van der Waals surface area contributed by atoms with Crippen molar-refractivity contribution in [3.63, 3.8) is 0 Å². The van der Waals surface area contributed by atoms with Gasteiger partial charge in [0.25, 0.3) is 0 Å². The first-order valence-corrected chi connectivity index (χ1v) is 10.7. The van der Waals surface area contributed by atoms with Crippen molar-refractivity contribution in [2.24, 2.45) is 5.92 Å². The molecule has 2 unspecified atom stereocenters. The van der Waals surface area contributed by atoms with E-state index in [-0.39, 0.29) is 11.6 Å². The molecule has 5 N–H and O–H groups in total. The second-order valence-corrected chi connectivity index (χ2v) is 8.18. The molecule has 3 heterocycles. The number of aliphatic hydroxyl groups excluding tert-OH is 3. The number of nitrogen functional groups attached to an aromatic ring is 1. The van der Waals surface area contributed by atoms with Crippen molar-refractivity contribution < 1.29 is 20.1 Å². The van der Waals surface area contributed by atoms with Crippen LogP contribution in [-0.2, 0) is 4.74 Å². The Labute approximate surface area is 175 Å². The van der Waals surface area contributed by atoms with Crippen LogP contribution in [0.5, 0.6) is 0 Å². The van der Waals surface area contributed by atoms with Crippen molar-refractivity contribution >= 4 is 17.0 Å². The van der Waals surface area contributed by atoms with Crippen LogP contribution < -0.4 is 5.73 Å². The summed E-state index contributed by atoms with van der Waals surface area (Å²) in [7, 11) is 0. The van der Waals surface area contributed by atoms with Crippen LogP contribution in [0.2, 0.25) is 0 Å². The minimum Gasteiger partial charge on any atom is -0.394 e. The topological polar surface area (TPSA) is 140 Å². The number of rotatable bonds is 5. The summed E-state index contributed by atoms with van der Waals surface area (Å²) < 4.78 is 7.06. The summed E-state index contributed by atoms with van der Waals surface area (Å²) in [6, 6.07) is 0. The van der Waals surface area contributed by atoms with Crippen molar-refractivity contribution in [3.05, 3.63) is 12.2 Å². The van der Waals surface area contributed by atoms with Gasteiger partial charge in [0.2, 0.25) is 5.82 Å². The number of aromatic nitrogens is 4. The van der Waals surface area contributed by atoms with Crippen molar-refractivity contribution in [1.29, 1.82) is 0 Å². The van der Waals surface area contributed by atoms with Crippen LogP contribution in [0.1, 0.15) is 63.4 Å². The molecule has 0 amide bonds. The molecular formula is C21H29N5O4. The summed E-state index contributed by atoms with van der Waals surface area (Å²) in [4.78, 5) is 12.9. The van der Waals surface area contributed by atoms with Gasteiger partial charge in [-0.3, -0.25) is 4.57 Å². The third-order valence-electron chi connectivity index (χ3n) is 6.08. The van der Waals surface area contributed by atoms with Gasteiger partial charge in [0, 0.05) is 6.42 Å². The van der Waals surface area contributed by atoms with E-state index in [2.05, 4.69) is 26.8 Å². The van der Waals surface area contributed by atoms with E-state index in [4.69, 9.17) is 10.5 Å². The van der Waals surface area contributed by atoms with E-state index in [1.165, 1.54) is 49.4 Å². The lowest BCUT2D eigenvalue weighted by Crippen LogP contribution is -2.33. The number of imidazole rings is 1. The minimum atomic E-state index is -1.23. The summed E-state index contributed by atoms with van der Waals surface area (Å²) >= 11 is 0. The van der Waals surface area contributed by atoms with E-state index in [1.54, 1.807) is 0 Å². The molecule has 9 heteroatoms. The Bertz CT molecular complexity index is 931. The third-order valence-corrected chi connectivity index (χ3v) is 6.08. The molecule has 162 valence electrons. The summed E-state index contributed by atoms with van der Waals surface area (Å²) in [6.45, 7) is -0.407. The zero-order chi connectivity index (χ0) is 21.1. The van der Waals surface area contributed by atoms with Crippen LogP contribution in [0.4, 0.5) is 5.82 Å². The Kier molecular flexibility index (Phi) is 6.49.